The van der Waals surface area contributed by atoms with E-state index in [9.17, 15) is 4.79 Å². The van der Waals surface area contributed by atoms with Gasteiger partial charge in [-0.3, -0.25) is 0 Å². The van der Waals surface area contributed by atoms with Gasteiger partial charge in [0.2, 0.25) is 0 Å². The number of hydrogen-bond acceptors (Lipinski definition) is 7. The van der Waals surface area contributed by atoms with E-state index in [1.807, 2.05) is 71.6 Å². The van der Waals surface area contributed by atoms with Crippen LogP contribution in [0.2, 0.25) is 0 Å². The van der Waals surface area contributed by atoms with E-state index in [0.29, 0.717) is 37.9 Å². The van der Waals surface area contributed by atoms with Crippen molar-refractivity contribution >= 4 is 23.1 Å². The molecule has 0 fully saturated rings. The standard InChI is InChI=1S/C27H28N2O6/c1-19(26(30)31)34-23-7-5-6-20(18-23)14-15-29(27-28-24-8-3-4-9-25(24)35-27)16-17-33-22-12-10-21(32-2)11-13-22/h3-13,18-19H,14-17H2,1-2H3,(H,30,31). The number of carboxylic acids is 1. The molecule has 182 valence electrons. The first-order chi connectivity index (χ1) is 17.0. The average Bonchev–Trinajstić information content (AvgIpc) is 3.31. The summed E-state index contributed by atoms with van der Waals surface area (Å²) in [4.78, 5) is 17.8. The molecule has 0 saturated heterocycles. The van der Waals surface area contributed by atoms with Gasteiger partial charge < -0.3 is 28.6 Å². The van der Waals surface area contributed by atoms with E-state index >= 15 is 0 Å². The summed E-state index contributed by atoms with van der Waals surface area (Å²) in [5.74, 6) is 1.04. The predicted octanol–water partition coefficient (Wildman–Crippen LogP) is 4.82. The number of benzene rings is 3. The van der Waals surface area contributed by atoms with Crippen LogP contribution in [0.3, 0.4) is 0 Å². The van der Waals surface area contributed by atoms with E-state index in [-0.39, 0.29) is 0 Å². The van der Waals surface area contributed by atoms with Crippen molar-refractivity contribution in [3.05, 3.63) is 78.4 Å². The van der Waals surface area contributed by atoms with Crippen molar-refractivity contribution in [1.82, 2.24) is 4.98 Å². The highest BCUT2D eigenvalue weighted by Crippen LogP contribution is 2.23. The van der Waals surface area contributed by atoms with E-state index in [0.717, 1.165) is 28.2 Å². The lowest BCUT2D eigenvalue weighted by Gasteiger charge is -2.21. The maximum Gasteiger partial charge on any atom is 0.344 e. The molecule has 0 spiro atoms. The summed E-state index contributed by atoms with van der Waals surface area (Å²) in [7, 11) is 1.63. The molecule has 1 atom stereocenters. The van der Waals surface area contributed by atoms with Gasteiger partial charge in [0.05, 0.1) is 13.7 Å². The highest BCUT2D eigenvalue weighted by molar-refractivity contribution is 5.74. The molecule has 8 heteroatoms. The van der Waals surface area contributed by atoms with Crippen molar-refractivity contribution in [3.63, 3.8) is 0 Å². The Morgan fingerprint density at radius 1 is 1.00 bits per heavy atom. The molecule has 0 bridgehead atoms. The highest BCUT2D eigenvalue weighted by Gasteiger charge is 2.16. The number of nitrogens with zero attached hydrogens (tertiary/aromatic N) is 2. The summed E-state index contributed by atoms with van der Waals surface area (Å²) < 4.78 is 22.6. The van der Waals surface area contributed by atoms with E-state index in [2.05, 4.69) is 4.98 Å². The Bertz CT molecular complexity index is 1220. The summed E-state index contributed by atoms with van der Waals surface area (Å²) in [5, 5.41) is 9.10. The first-order valence-corrected chi connectivity index (χ1v) is 11.4. The van der Waals surface area contributed by atoms with Gasteiger partial charge in [0.15, 0.2) is 11.7 Å². The molecular formula is C27H28N2O6. The Labute approximate surface area is 203 Å². The van der Waals surface area contributed by atoms with Crippen molar-refractivity contribution in [2.45, 2.75) is 19.4 Å². The Morgan fingerprint density at radius 2 is 1.77 bits per heavy atom. The number of hydrogen-bond donors (Lipinski definition) is 1. The van der Waals surface area contributed by atoms with Gasteiger partial charge >= 0.3 is 5.97 Å². The van der Waals surface area contributed by atoms with Gasteiger partial charge in [-0.15, -0.1) is 0 Å². The van der Waals surface area contributed by atoms with Crippen molar-refractivity contribution < 1.29 is 28.5 Å². The SMILES string of the molecule is COc1ccc(OCCN(CCc2cccc(OC(C)C(=O)O)c2)c2nc3ccccc3o2)cc1. The lowest BCUT2D eigenvalue weighted by molar-refractivity contribution is -0.144. The van der Waals surface area contributed by atoms with Crippen LogP contribution in [-0.4, -0.2) is 49.0 Å². The van der Waals surface area contributed by atoms with Crippen LogP contribution in [0.5, 0.6) is 17.2 Å². The second-order valence-corrected chi connectivity index (χ2v) is 7.97. The minimum Gasteiger partial charge on any atom is -0.497 e. The third-order valence-corrected chi connectivity index (χ3v) is 5.47. The van der Waals surface area contributed by atoms with E-state index in [1.54, 1.807) is 13.2 Å². The molecule has 8 nitrogen and oxygen atoms in total. The second-order valence-electron chi connectivity index (χ2n) is 7.97. The number of rotatable bonds is 12. The van der Waals surface area contributed by atoms with Gasteiger partial charge in [-0.1, -0.05) is 24.3 Å². The number of aliphatic carboxylic acids is 1. The van der Waals surface area contributed by atoms with Crippen LogP contribution < -0.4 is 19.1 Å². The minimum atomic E-state index is -1.01. The predicted molar refractivity (Wildman–Crippen MR) is 133 cm³/mol. The van der Waals surface area contributed by atoms with Crippen LogP contribution in [-0.2, 0) is 11.2 Å². The van der Waals surface area contributed by atoms with Crippen LogP contribution in [0.25, 0.3) is 11.1 Å². The summed E-state index contributed by atoms with van der Waals surface area (Å²) in [6, 6.07) is 23.1. The third-order valence-electron chi connectivity index (χ3n) is 5.47. The number of aromatic nitrogens is 1. The van der Waals surface area contributed by atoms with Crippen molar-refractivity contribution in [3.8, 4) is 17.2 Å². The quantitative estimate of drug-likeness (QED) is 0.311. The molecule has 4 rings (SSSR count). The number of para-hydroxylation sites is 2. The lowest BCUT2D eigenvalue weighted by Crippen LogP contribution is -2.30. The molecule has 3 aromatic carbocycles. The second kappa shape index (κ2) is 11.3. The summed E-state index contributed by atoms with van der Waals surface area (Å²) in [5.41, 5.74) is 2.53. The van der Waals surface area contributed by atoms with E-state index in [4.69, 9.17) is 23.7 Å². The van der Waals surface area contributed by atoms with Crippen molar-refractivity contribution in [1.29, 1.82) is 0 Å². The Kier molecular flexibility index (Phi) is 7.72. The topological polar surface area (TPSA) is 94.3 Å². The molecule has 1 N–H and O–H groups in total. The van der Waals surface area contributed by atoms with Gasteiger partial charge in [-0.05, 0) is 67.4 Å². The van der Waals surface area contributed by atoms with Crippen LogP contribution in [0.4, 0.5) is 6.01 Å². The molecular weight excluding hydrogens is 448 g/mol. The van der Waals surface area contributed by atoms with E-state index in [1.165, 1.54) is 6.92 Å². The molecule has 0 radical (unpaired) electrons. The number of fused-ring (bicyclic) bond motifs is 1. The fourth-order valence-electron chi connectivity index (χ4n) is 3.54. The van der Waals surface area contributed by atoms with Crippen LogP contribution >= 0.6 is 0 Å². The molecule has 0 amide bonds. The van der Waals surface area contributed by atoms with Crippen molar-refractivity contribution in [2.75, 3.05) is 31.7 Å². The summed E-state index contributed by atoms with van der Waals surface area (Å²) in [6.07, 6.45) is -0.239. The minimum absolute atomic E-state index is 0.435. The molecule has 0 aliphatic carbocycles. The summed E-state index contributed by atoms with van der Waals surface area (Å²) >= 11 is 0. The Morgan fingerprint density at radius 3 is 2.51 bits per heavy atom. The number of anilines is 1. The van der Waals surface area contributed by atoms with Gasteiger partial charge in [0.1, 0.15) is 29.4 Å². The van der Waals surface area contributed by atoms with Gasteiger partial charge in [-0.2, -0.15) is 4.98 Å². The zero-order chi connectivity index (χ0) is 24.6. The number of oxazole rings is 1. The van der Waals surface area contributed by atoms with Gasteiger partial charge in [0.25, 0.3) is 6.01 Å². The van der Waals surface area contributed by atoms with Gasteiger partial charge in [-0.25, -0.2) is 4.79 Å². The lowest BCUT2D eigenvalue weighted by atomic mass is 10.1. The molecule has 4 aromatic rings. The fraction of sp³-hybridized carbons (Fsp3) is 0.259. The van der Waals surface area contributed by atoms with Gasteiger partial charge in [0, 0.05) is 6.54 Å². The monoisotopic (exact) mass is 476 g/mol. The maximum absolute atomic E-state index is 11.1. The zero-order valence-electron chi connectivity index (χ0n) is 19.7. The van der Waals surface area contributed by atoms with Crippen LogP contribution in [0.15, 0.2) is 77.2 Å². The maximum atomic E-state index is 11.1. The molecule has 1 heterocycles. The Balaban J connectivity index is 1.44. The fourth-order valence-corrected chi connectivity index (χ4v) is 3.54. The number of carboxylic acid groups (broad SMARTS) is 1. The van der Waals surface area contributed by atoms with Crippen LogP contribution in [0, 0.1) is 0 Å². The molecule has 0 aliphatic rings. The molecule has 1 unspecified atom stereocenters. The molecule has 1 aromatic heterocycles. The average molecular weight is 477 g/mol. The third kappa shape index (κ3) is 6.44. The largest absolute Gasteiger partial charge is 0.497 e. The number of carbonyl (C=O) groups is 1. The van der Waals surface area contributed by atoms with Crippen molar-refractivity contribution in [2.24, 2.45) is 0 Å². The number of ether oxygens (including phenoxy) is 3. The van der Waals surface area contributed by atoms with E-state index < -0.39 is 12.1 Å². The molecule has 0 saturated carbocycles. The zero-order valence-corrected chi connectivity index (χ0v) is 19.7. The van der Waals surface area contributed by atoms with Crippen LogP contribution in [0.1, 0.15) is 12.5 Å². The first-order valence-electron chi connectivity index (χ1n) is 11.4. The normalized spacial score (nSPS) is 11.7. The molecule has 35 heavy (non-hydrogen) atoms. The highest BCUT2D eigenvalue weighted by atomic mass is 16.5. The summed E-state index contributed by atoms with van der Waals surface area (Å²) in [6.45, 7) is 3.12. The number of methoxy groups -OCH3 is 1. The first kappa shape index (κ1) is 23.9. The Hall–Kier alpha value is -4.20. The molecule has 0 aliphatic heterocycles. The smallest absolute Gasteiger partial charge is 0.344 e.